The smallest absolute Gasteiger partial charge is 0.187 e. The maximum absolute atomic E-state index is 13.3. The van der Waals surface area contributed by atoms with E-state index in [1.807, 2.05) is 6.92 Å². The average Bonchev–Trinajstić information content (AvgIpc) is 2.24. The highest BCUT2D eigenvalue weighted by Crippen LogP contribution is 2.20. The van der Waals surface area contributed by atoms with E-state index in [2.05, 4.69) is 15.4 Å². The second kappa shape index (κ2) is 4.99. The lowest BCUT2D eigenvalue weighted by Crippen LogP contribution is -2.16. The summed E-state index contributed by atoms with van der Waals surface area (Å²) in [5, 5.41) is 0. The first-order chi connectivity index (χ1) is 7.13. The minimum Gasteiger partial charge on any atom is -0.373 e. The first kappa shape index (κ1) is 11.8. The molecule has 1 unspecified atom stereocenters. The molecule has 3 N–H and O–H groups in total. The highest BCUT2D eigenvalue weighted by atomic mass is 19.1. The number of aryl methyl sites for hydroxylation is 1. The summed E-state index contributed by atoms with van der Waals surface area (Å²) in [6.45, 7) is 3.50. The molecule has 0 saturated carbocycles. The Morgan fingerprint density at radius 2 is 2.20 bits per heavy atom. The number of aromatic nitrogens is 2. The predicted octanol–water partition coefficient (Wildman–Crippen LogP) is 1.31. The van der Waals surface area contributed by atoms with Gasteiger partial charge in [-0.05, 0) is 13.3 Å². The number of nitrogens with zero attached hydrogens (tertiary/aromatic N) is 2. The molecule has 0 aliphatic heterocycles. The minimum atomic E-state index is -0.535. The summed E-state index contributed by atoms with van der Waals surface area (Å²) >= 11 is 0. The molecule has 1 aromatic rings. The molecule has 0 radical (unpaired) electrons. The number of nitrogens with one attached hydrogen (secondary N) is 1. The van der Waals surface area contributed by atoms with E-state index in [-0.39, 0.29) is 17.6 Å². The molecule has 0 saturated heterocycles. The SMILES string of the molecule is CCC(OC)c1nc(C)c(F)c(NN)n1. The number of hydrazine groups is 1. The molecule has 0 bridgehead atoms. The van der Waals surface area contributed by atoms with Gasteiger partial charge in [0.05, 0.1) is 5.69 Å². The number of hydrogen-bond donors (Lipinski definition) is 2. The molecular weight excluding hydrogens is 199 g/mol. The topological polar surface area (TPSA) is 73.1 Å². The third-order valence-corrected chi connectivity index (χ3v) is 2.11. The maximum Gasteiger partial charge on any atom is 0.187 e. The summed E-state index contributed by atoms with van der Waals surface area (Å²) in [6, 6.07) is 0. The van der Waals surface area contributed by atoms with E-state index in [1.165, 1.54) is 0 Å². The number of ether oxygens (including phenoxy) is 1. The minimum absolute atomic E-state index is 0.00648. The lowest BCUT2D eigenvalue weighted by Gasteiger charge is -2.13. The van der Waals surface area contributed by atoms with Crippen LogP contribution in [-0.4, -0.2) is 17.1 Å². The lowest BCUT2D eigenvalue weighted by molar-refractivity contribution is 0.0923. The van der Waals surface area contributed by atoms with Gasteiger partial charge in [0.2, 0.25) is 0 Å². The maximum atomic E-state index is 13.3. The second-order valence-electron chi connectivity index (χ2n) is 3.11. The number of nitrogen functional groups attached to an aromatic ring is 1. The standard InChI is InChI=1S/C9H15FN4O/c1-4-6(15-3)8-12-5(2)7(10)9(13-8)14-11/h6H,4,11H2,1-3H3,(H,12,13,14). The van der Waals surface area contributed by atoms with Gasteiger partial charge in [-0.25, -0.2) is 20.2 Å². The molecule has 0 aliphatic rings. The quantitative estimate of drug-likeness (QED) is 0.584. The van der Waals surface area contributed by atoms with E-state index in [9.17, 15) is 4.39 Å². The normalized spacial score (nSPS) is 12.6. The lowest BCUT2D eigenvalue weighted by atomic mass is 10.2. The molecule has 1 rings (SSSR count). The molecule has 1 heterocycles. The van der Waals surface area contributed by atoms with Crippen molar-refractivity contribution in [1.29, 1.82) is 0 Å². The van der Waals surface area contributed by atoms with Crippen LogP contribution in [-0.2, 0) is 4.74 Å². The monoisotopic (exact) mass is 214 g/mol. The number of hydrogen-bond acceptors (Lipinski definition) is 5. The molecule has 5 nitrogen and oxygen atoms in total. The zero-order chi connectivity index (χ0) is 11.4. The van der Waals surface area contributed by atoms with Gasteiger partial charge < -0.3 is 10.2 Å². The van der Waals surface area contributed by atoms with Gasteiger partial charge in [-0.15, -0.1) is 0 Å². The Hall–Kier alpha value is -1.27. The van der Waals surface area contributed by atoms with Gasteiger partial charge in [-0.3, -0.25) is 0 Å². The molecule has 1 aromatic heterocycles. The zero-order valence-electron chi connectivity index (χ0n) is 9.04. The van der Waals surface area contributed by atoms with Crippen LogP contribution in [0.4, 0.5) is 10.2 Å². The molecule has 0 fully saturated rings. The van der Waals surface area contributed by atoms with Crippen molar-refractivity contribution < 1.29 is 9.13 Å². The van der Waals surface area contributed by atoms with Crippen molar-refractivity contribution in [2.24, 2.45) is 5.84 Å². The predicted molar refractivity (Wildman–Crippen MR) is 54.6 cm³/mol. The highest BCUT2D eigenvalue weighted by Gasteiger charge is 2.16. The molecule has 6 heteroatoms. The van der Waals surface area contributed by atoms with Gasteiger partial charge in [-0.2, -0.15) is 0 Å². The van der Waals surface area contributed by atoms with Crippen LogP contribution in [0, 0.1) is 12.7 Å². The molecule has 0 aromatic carbocycles. The van der Waals surface area contributed by atoms with Gasteiger partial charge in [0, 0.05) is 7.11 Å². The van der Waals surface area contributed by atoms with E-state index in [4.69, 9.17) is 10.6 Å². The molecule has 0 spiro atoms. The van der Waals surface area contributed by atoms with E-state index >= 15 is 0 Å². The van der Waals surface area contributed by atoms with E-state index in [0.29, 0.717) is 12.2 Å². The highest BCUT2D eigenvalue weighted by molar-refractivity contribution is 5.36. The van der Waals surface area contributed by atoms with Gasteiger partial charge >= 0.3 is 0 Å². The van der Waals surface area contributed by atoms with Crippen LogP contribution in [0.2, 0.25) is 0 Å². The second-order valence-corrected chi connectivity index (χ2v) is 3.11. The van der Waals surface area contributed by atoms with Crippen molar-refractivity contribution in [3.05, 3.63) is 17.3 Å². The number of methoxy groups -OCH3 is 1. The fraction of sp³-hybridized carbons (Fsp3) is 0.556. The number of anilines is 1. The van der Waals surface area contributed by atoms with Crippen LogP contribution in [0.5, 0.6) is 0 Å². The molecule has 15 heavy (non-hydrogen) atoms. The number of rotatable bonds is 4. The first-order valence-corrected chi connectivity index (χ1v) is 4.67. The van der Waals surface area contributed by atoms with Gasteiger partial charge in [0.25, 0.3) is 0 Å². The zero-order valence-corrected chi connectivity index (χ0v) is 9.04. The van der Waals surface area contributed by atoms with Crippen LogP contribution >= 0.6 is 0 Å². The van der Waals surface area contributed by atoms with Crippen LogP contribution in [0.25, 0.3) is 0 Å². The van der Waals surface area contributed by atoms with E-state index < -0.39 is 5.82 Å². The molecular formula is C9H15FN4O. The van der Waals surface area contributed by atoms with Gasteiger partial charge in [-0.1, -0.05) is 6.92 Å². The summed E-state index contributed by atoms with van der Waals surface area (Å²) in [6.07, 6.45) is 0.474. The van der Waals surface area contributed by atoms with Crippen molar-refractivity contribution in [2.75, 3.05) is 12.5 Å². The third-order valence-electron chi connectivity index (χ3n) is 2.11. The fourth-order valence-electron chi connectivity index (χ4n) is 1.28. The van der Waals surface area contributed by atoms with Crippen molar-refractivity contribution >= 4 is 5.82 Å². The summed E-state index contributed by atoms with van der Waals surface area (Å²) in [4.78, 5) is 7.96. The average molecular weight is 214 g/mol. The Balaban J connectivity index is 3.15. The van der Waals surface area contributed by atoms with Crippen molar-refractivity contribution in [2.45, 2.75) is 26.4 Å². The Kier molecular flexibility index (Phi) is 3.93. The molecule has 1 atom stereocenters. The Bertz CT molecular complexity index is 341. The Morgan fingerprint density at radius 3 is 2.67 bits per heavy atom. The molecule has 0 aliphatic carbocycles. The Morgan fingerprint density at radius 1 is 1.53 bits per heavy atom. The number of halogens is 1. The van der Waals surface area contributed by atoms with Crippen LogP contribution in [0.3, 0.4) is 0 Å². The molecule has 84 valence electrons. The third kappa shape index (κ3) is 2.40. The van der Waals surface area contributed by atoms with E-state index in [0.717, 1.165) is 0 Å². The van der Waals surface area contributed by atoms with Crippen molar-refractivity contribution in [3.63, 3.8) is 0 Å². The molecule has 0 amide bonds. The van der Waals surface area contributed by atoms with E-state index in [1.54, 1.807) is 14.0 Å². The summed E-state index contributed by atoms with van der Waals surface area (Å²) in [5.41, 5.74) is 2.45. The van der Waals surface area contributed by atoms with Crippen molar-refractivity contribution in [1.82, 2.24) is 9.97 Å². The van der Waals surface area contributed by atoms with Gasteiger partial charge in [0.1, 0.15) is 6.10 Å². The first-order valence-electron chi connectivity index (χ1n) is 4.67. The number of nitrogens with two attached hydrogens (primary N) is 1. The fourth-order valence-corrected chi connectivity index (χ4v) is 1.28. The summed E-state index contributed by atoms with van der Waals surface area (Å²) in [7, 11) is 1.56. The summed E-state index contributed by atoms with van der Waals surface area (Å²) in [5.74, 6) is 5.05. The largest absolute Gasteiger partial charge is 0.373 e. The van der Waals surface area contributed by atoms with Crippen molar-refractivity contribution in [3.8, 4) is 0 Å². The van der Waals surface area contributed by atoms with Crippen LogP contribution in [0.1, 0.15) is 31.0 Å². The van der Waals surface area contributed by atoms with Gasteiger partial charge in [0.15, 0.2) is 17.5 Å². The Labute approximate surface area is 87.8 Å². The summed E-state index contributed by atoms with van der Waals surface area (Å²) < 4.78 is 18.5. The van der Waals surface area contributed by atoms with Crippen LogP contribution < -0.4 is 11.3 Å². The van der Waals surface area contributed by atoms with Crippen LogP contribution in [0.15, 0.2) is 0 Å².